The molecule has 3 N–H and O–H groups in total. The smallest absolute Gasteiger partial charge is 0.320 e. The van der Waals surface area contributed by atoms with E-state index in [1.807, 2.05) is 6.07 Å². The summed E-state index contributed by atoms with van der Waals surface area (Å²) in [6.07, 6.45) is 4.97. The Morgan fingerprint density at radius 1 is 1.47 bits per heavy atom. The maximum Gasteiger partial charge on any atom is 0.320 e. The number of nitrogens with one attached hydrogen (secondary N) is 3. The molecule has 0 aromatic carbocycles. The van der Waals surface area contributed by atoms with Crippen molar-refractivity contribution in [2.75, 3.05) is 17.2 Å². The molecule has 1 aromatic rings. The van der Waals surface area contributed by atoms with Crippen LogP contribution in [0, 0.1) is 0 Å². The van der Waals surface area contributed by atoms with Crippen molar-refractivity contribution >= 4 is 17.5 Å². The van der Waals surface area contributed by atoms with Gasteiger partial charge in [0.1, 0.15) is 5.82 Å². The van der Waals surface area contributed by atoms with Crippen molar-refractivity contribution in [1.82, 2.24) is 10.3 Å². The molecular formula is C12H18N4O. The van der Waals surface area contributed by atoms with Crippen LogP contribution >= 0.6 is 0 Å². The summed E-state index contributed by atoms with van der Waals surface area (Å²) < 4.78 is 0. The van der Waals surface area contributed by atoms with E-state index in [-0.39, 0.29) is 6.03 Å². The lowest BCUT2D eigenvalue weighted by Gasteiger charge is -2.07. The third-order valence-corrected chi connectivity index (χ3v) is 2.50. The Balaban J connectivity index is 1.81. The average Bonchev–Trinajstić information content (AvgIpc) is 3.12. The van der Waals surface area contributed by atoms with Crippen molar-refractivity contribution in [2.45, 2.75) is 32.2 Å². The number of urea groups is 1. The number of hydrogen-bond donors (Lipinski definition) is 3. The summed E-state index contributed by atoms with van der Waals surface area (Å²) in [5, 5.41) is 8.78. The monoisotopic (exact) mass is 234 g/mol. The standard InChI is InChI=1S/C12H18N4O/c1-2-7-13-10-5-6-11(14-8-10)16-12(17)15-9-3-4-9/h5-6,8-9,13H,2-4,7H2,1H3,(H2,14,15,16,17). The molecule has 1 aromatic heterocycles. The first-order valence-corrected chi connectivity index (χ1v) is 6.05. The number of pyridine rings is 1. The zero-order valence-corrected chi connectivity index (χ0v) is 9.99. The Morgan fingerprint density at radius 3 is 2.88 bits per heavy atom. The molecule has 17 heavy (non-hydrogen) atoms. The molecule has 0 bridgehead atoms. The SMILES string of the molecule is CCCNc1ccc(NC(=O)NC2CC2)nc1. The highest BCUT2D eigenvalue weighted by Gasteiger charge is 2.23. The zero-order valence-electron chi connectivity index (χ0n) is 9.99. The molecule has 0 saturated heterocycles. The highest BCUT2D eigenvalue weighted by atomic mass is 16.2. The lowest BCUT2D eigenvalue weighted by atomic mass is 10.4. The topological polar surface area (TPSA) is 66.0 Å². The van der Waals surface area contributed by atoms with Gasteiger partial charge < -0.3 is 10.6 Å². The molecule has 5 heteroatoms. The Hall–Kier alpha value is -1.78. The van der Waals surface area contributed by atoms with Crippen LogP contribution in [0.25, 0.3) is 0 Å². The van der Waals surface area contributed by atoms with Crippen molar-refractivity contribution in [2.24, 2.45) is 0 Å². The van der Waals surface area contributed by atoms with Gasteiger partial charge in [-0.1, -0.05) is 6.92 Å². The van der Waals surface area contributed by atoms with E-state index in [1.54, 1.807) is 12.3 Å². The van der Waals surface area contributed by atoms with E-state index in [2.05, 4.69) is 27.9 Å². The molecule has 1 aliphatic rings. The number of aromatic nitrogens is 1. The molecular weight excluding hydrogens is 216 g/mol. The first-order valence-electron chi connectivity index (χ1n) is 6.05. The number of anilines is 2. The van der Waals surface area contributed by atoms with Crippen LogP contribution in [0.5, 0.6) is 0 Å². The number of nitrogens with zero attached hydrogens (tertiary/aromatic N) is 1. The zero-order chi connectivity index (χ0) is 12.1. The molecule has 0 unspecified atom stereocenters. The normalized spacial score (nSPS) is 14.2. The van der Waals surface area contributed by atoms with Crippen LogP contribution in [0.15, 0.2) is 18.3 Å². The van der Waals surface area contributed by atoms with Gasteiger partial charge in [-0.05, 0) is 31.4 Å². The van der Waals surface area contributed by atoms with E-state index in [1.165, 1.54) is 0 Å². The van der Waals surface area contributed by atoms with E-state index in [4.69, 9.17) is 0 Å². The van der Waals surface area contributed by atoms with Gasteiger partial charge in [0.05, 0.1) is 11.9 Å². The van der Waals surface area contributed by atoms with Crippen LogP contribution in [0.1, 0.15) is 26.2 Å². The molecule has 1 heterocycles. The van der Waals surface area contributed by atoms with E-state index in [9.17, 15) is 4.79 Å². The van der Waals surface area contributed by atoms with E-state index in [0.29, 0.717) is 11.9 Å². The van der Waals surface area contributed by atoms with Crippen molar-refractivity contribution in [1.29, 1.82) is 0 Å². The largest absolute Gasteiger partial charge is 0.384 e. The Labute approximate surface area is 101 Å². The van der Waals surface area contributed by atoms with Crippen LogP contribution in [-0.4, -0.2) is 23.6 Å². The van der Waals surface area contributed by atoms with E-state index < -0.39 is 0 Å². The van der Waals surface area contributed by atoms with Gasteiger partial charge in [0, 0.05) is 12.6 Å². The second-order valence-electron chi connectivity index (χ2n) is 4.23. The van der Waals surface area contributed by atoms with Gasteiger partial charge >= 0.3 is 6.03 Å². The second-order valence-corrected chi connectivity index (χ2v) is 4.23. The van der Waals surface area contributed by atoms with Crippen molar-refractivity contribution in [3.8, 4) is 0 Å². The maximum atomic E-state index is 11.4. The highest BCUT2D eigenvalue weighted by molar-refractivity contribution is 5.88. The summed E-state index contributed by atoms with van der Waals surface area (Å²) >= 11 is 0. The fraction of sp³-hybridized carbons (Fsp3) is 0.500. The summed E-state index contributed by atoms with van der Waals surface area (Å²) in [5.74, 6) is 0.574. The van der Waals surface area contributed by atoms with Gasteiger partial charge in [0.2, 0.25) is 0 Å². The lowest BCUT2D eigenvalue weighted by Crippen LogP contribution is -2.30. The number of amides is 2. The van der Waals surface area contributed by atoms with Crippen molar-refractivity contribution < 1.29 is 4.79 Å². The summed E-state index contributed by atoms with van der Waals surface area (Å²) in [7, 11) is 0. The van der Waals surface area contributed by atoms with Gasteiger partial charge in [-0.15, -0.1) is 0 Å². The summed E-state index contributed by atoms with van der Waals surface area (Å²) in [6, 6.07) is 3.90. The number of carbonyl (C=O) groups excluding carboxylic acids is 1. The molecule has 5 nitrogen and oxygen atoms in total. The number of hydrogen-bond acceptors (Lipinski definition) is 3. The van der Waals surface area contributed by atoms with Gasteiger partial charge in [-0.25, -0.2) is 9.78 Å². The van der Waals surface area contributed by atoms with Crippen LogP contribution in [-0.2, 0) is 0 Å². The minimum absolute atomic E-state index is 0.172. The lowest BCUT2D eigenvalue weighted by molar-refractivity contribution is 0.251. The Kier molecular flexibility index (Phi) is 3.80. The average molecular weight is 234 g/mol. The highest BCUT2D eigenvalue weighted by Crippen LogP contribution is 2.18. The first-order chi connectivity index (χ1) is 8.28. The minimum Gasteiger partial charge on any atom is -0.384 e. The summed E-state index contributed by atoms with van der Waals surface area (Å²) in [5.41, 5.74) is 0.972. The van der Waals surface area contributed by atoms with Gasteiger partial charge in [-0.3, -0.25) is 5.32 Å². The molecule has 0 aliphatic heterocycles. The van der Waals surface area contributed by atoms with Gasteiger partial charge in [0.25, 0.3) is 0 Å². The maximum absolute atomic E-state index is 11.4. The van der Waals surface area contributed by atoms with E-state index >= 15 is 0 Å². The van der Waals surface area contributed by atoms with Crippen LogP contribution < -0.4 is 16.0 Å². The van der Waals surface area contributed by atoms with Gasteiger partial charge in [-0.2, -0.15) is 0 Å². The summed E-state index contributed by atoms with van der Waals surface area (Å²) in [6.45, 7) is 3.04. The first kappa shape index (κ1) is 11.7. The molecule has 0 radical (unpaired) electrons. The van der Waals surface area contributed by atoms with Crippen molar-refractivity contribution in [3.05, 3.63) is 18.3 Å². The molecule has 0 atom stereocenters. The minimum atomic E-state index is -0.172. The molecule has 1 saturated carbocycles. The second kappa shape index (κ2) is 5.52. The van der Waals surface area contributed by atoms with Crippen LogP contribution in [0.3, 0.4) is 0 Å². The molecule has 1 fully saturated rings. The fourth-order valence-electron chi connectivity index (χ4n) is 1.41. The molecule has 2 rings (SSSR count). The summed E-state index contributed by atoms with van der Waals surface area (Å²) in [4.78, 5) is 15.6. The molecule has 1 aliphatic carbocycles. The molecule has 0 spiro atoms. The Morgan fingerprint density at radius 2 is 2.29 bits per heavy atom. The number of rotatable bonds is 5. The fourth-order valence-corrected chi connectivity index (χ4v) is 1.41. The number of carbonyl (C=O) groups is 1. The quantitative estimate of drug-likeness (QED) is 0.731. The molecule has 2 amide bonds. The van der Waals surface area contributed by atoms with Crippen molar-refractivity contribution in [3.63, 3.8) is 0 Å². The third-order valence-electron chi connectivity index (χ3n) is 2.50. The van der Waals surface area contributed by atoms with Crippen LogP contribution in [0.4, 0.5) is 16.3 Å². The third kappa shape index (κ3) is 3.94. The Bertz CT molecular complexity index is 373. The predicted molar refractivity (Wildman–Crippen MR) is 68.2 cm³/mol. The van der Waals surface area contributed by atoms with Gasteiger partial charge in [0.15, 0.2) is 0 Å². The predicted octanol–water partition coefficient (Wildman–Crippen LogP) is 2.19. The van der Waals surface area contributed by atoms with E-state index in [0.717, 1.165) is 31.5 Å². The van der Waals surface area contributed by atoms with Crippen LogP contribution in [0.2, 0.25) is 0 Å². The molecule has 92 valence electrons.